The van der Waals surface area contributed by atoms with E-state index < -0.39 is 0 Å². The molecule has 0 radical (unpaired) electrons. The Morgan fingerprint density at radius 3 is 1.87 bits per heavy atom. The van der Waals surface area contributed by atoms with Crippen molar-refractivity contribution < 1.29 is 23.9 Å². The van der Waals surface area contributed by atoms with Gasteiger partial charge >= 0.3 is 5.97 Å². The van der Waals surface area contributed by atoms with E-state index in [1.54, 1.807) is 14.0 Å². The Kier molecular flexibility index (Phi) is 10.0. The molecule has 0 aliphatic carbocycles. The molecule has 4 aromatic rings. The van der Waals surface area contributed by atoms with Gasteiger partial charge in [0.15, 0.2) is 5.78 Å². The first-order valence-electron chi connectivity index (χ1n) is 12.8. The molecule has 3 aromatic carbocycles. The zero-order valence-corrected chi connectivity index (χ0v) is 23.1. The van der Waals surface area contributed by atoms with Gasteiger partial charge in [0.05, 0.1) is 5.71 Å². The number of carbonyl (C=O) groups excluding carboxylic acids is 4. The predicted molar refractivity (Wildman–Crippen MR) is 155 cm³/mol. The molecule has 0 atom stereocenters. The molecule has 1 aromatic heterocycles. The molecule has 0 aliphatic heterocycles. The van der Waals surface area contributed by atoms with Crippen LogP contribution in [0.4, 0.5) is 0 Å². The number of aliphatic imine (C=N–C) groups is 1. The van der Waals surface area contributed by atoms with Gasteiger partial charge in [0.1, 0.15) is 18.2 Å². The van der Waals surface area contributed by atoms with Crippen LogP contribution in [0.5, 0.6) is 0 Å². The van der Waals surface area contributed by atoms with Crippen LogP contribution in [0.1, 0.15) is 62.0 Å². The number of rotatable bonds is 9. The largest absolute Gasteiger partial charge is 0.459 e. The molecule has 7 heteroatoms. The van der Waals surface area contributed by atoms with Crippen molar-refractivity contribution in [1.82, 2.24) is 4.57 Å². The van der Waals surface area contributed by atoms with E-state index in [9.17, 15) is 19.2 Å². The normalized spacial score (nSPS) is 11.2. The second-order valence-electron chi connectivity index (χ2n) is 9.48. The third-order valence-electron chi connectivity index (χ3n) is 6.09. The number of Topliss-reactive ketones (excluding diaryl/α,β-unsaturated/α-hetero) is 2. The second-order valence-corrected chi connectivity index (χ2v) is 9.48. The highest BCUT2D eigenvalue weighted by molar-refractivity contribution is 6.16. The highest BCUT2D eigenvalue weighted by atomic mass is 16.5. The molecule has 0 fully saturated rings. The van der Waals surface area contributed by atoms with Crippen LogP contribution in [-0.4, -0.2) is 47.3 Å². The summed E-state index contributed by atoms with van der Waals surface area (Å²) >= 11 is 0. The van der Waals surface area contributed by atoms with Crippen molar-refractivity contribution in [3.8, 4) is 0 Å². The van der Waals surface area contributed by atoms with Crippen molar-refractivity contribution >= 4 is 50.8 Å². The summed E-state index contributed by atoms with van der Waals surface area (Å²) in [6.45, 7) is 6.81. The lowest BCUT2D eigenvalue weighted by Gasteiger charge is -2.09. The summed E-state index contributed by atoms with van der Waals surface area (Å²) < 4.78 is 7.38. The molecule has 1 heterocycles. The first-order chi connectivity index (χ1) is 18.6. The van der Waals surface area contributed by atoms with Crippen LogP contribution >= 0.6 is 0 Å². The van der Waals surface area contributed by atoms with Gasteiger partial charge in [0, 0.05) is 59.9 Å². The fraction of sp³-hybridized carbons (Fsp3) is 0.281. The summed E-state index contributed by atoms with van der Waals surface area (Å²) in [4.78, 5) is 49.7. The first kappa shape index (κ1) is 29.2. The fourth-order valence-electron chi connectivity index (χ4n) is 4.35. The van der Waals surface area contributed by atoms with Crippen molar-refractivity contribution in [2.24, 2.45) is 4.99 Å². The third-order valence-corrected chi connectivity index (χ3v) is 6.09. The predicted octanol–water partition coefficient (Wildman–Crippen LogP) is 5.97. The lowest BCUT2D eigenvalue weighted by Crippen LogP contribution is -2.13. The Bertz CT molecular complexity index is 1540. The molecule has 0 aliphatic rings. The van der Waals surface area contributed by atoms with E-state index in [1.165, 1.54) is 20.8 Å². The quantitative estimate of drug-likeness (QED) is 0.152. The van der Waals surface area contributed by atoms with Gasteiger partial charge in [-0.25, -0.2) is 0 Å². The Hall–Kier alpha value is -4.39. The monoisotopic (exact) mass is 526 g/mol. The van der Waals surface area contributed by atoms with Crippen molar-refractivity contribution in [2.45, 2.75) is 47.1 Å². The van der Waals surface area contributed by atoms with Crippen LogP contribution in [0, 0.1) is 0 Å². The van der Waals surface area contributed by atoms with Gasteiger partial charge in [0.25, 0.3) is 0 Å². The standard InChI is InChI=1S/C29H28N2O4.C3H6O/c1-19(32)8-7-15-31-27-13-11-22(26(30-3)18-35-20(2)33)16-24(27)25-17-23(12-14-28(25)31)29(34)21-9-5-4-6-10-21;1-3(2)4/h4-6,9-14,16-17H,7-8,15,18H2,1-3H3;1-2H3. The molecule has 0 spiro atoms. The molecule has 0 N–H and O–H groups in total. The lowest BCUT2D eigenvalue weighted by atomic mass is 10.0. The van der Waals surface area contributed by atoms with Crippen LogP contribution in [0.3, 0.4) is 0 Å². The Balaban J connectivity index is 0.000000983. The molecular formula is C32H34N2O5. The van der Waals surface area contributed by atoms with Crippen molar-refractivity contribution in [2.75, 3.05) is 13.7 Å². The zero-order valence-electron chi connectivity index (χ0n) is 23.1. The topological polar surface area (TPSA) is 94.8 Å². The summed E-state index contributed by atoms with van der Waals surface area (Å²) in [5.41, 5.74) is 4.78. The average molecular weight is 527 g/mol. The van der Waals surface area contributed by atoms with E-state index >= 15 is 0 Å². The minimum atomic E-state index is -0.363. The van der Waals surface area contributed by atoms with Gasteiger partial charge in [0.2, 0.25) is 0 Å². The number of hydrogen-bond donors (Lipinski definition) is 0. The molecule has 0 saturated carbocycles. The number of esters is 1. The molecule has 0 bridgehead atoms. The van der Waals surface area contributed by atoms with Crippen molar-refractivity contribution in [3.05, 3.63) is 83.4 Å². The lowest BCUT2D eigenvalue weighted by molar-refractivity contribution is -0.139. The van der Waals surface area contributed by atoms with E-state index in [0.717, 1.165) is 33.8 Å². The van der Waals surface area contributed by atoms with E-state index in [4.69, 9.17) is 4.74 Å². The fourth-order valence-corrected chi connectivity index (χ4v) is 4.35. The van der Waals surface area contributed by atoms with Gasteiger partial charge in [-0.2, -0.15) is 0 Å². The average Bonchev–Trinajstić information content (AvgIpc) is 3.21. The van der Waals surface area contributed by atoms with E-state index in [2.05, 4.69) is 9.56 Å². The summed E-state index contributed by atoms with van der Waals surface area (Å²) in [5, 5.41) is 1.93. The Labute approximate surface area is 228 Å². The maximum Gasteiger partial charge on any atom is 0.303 e. The number of fused-ring (bicyclic) bond motifs is 3. The molecular weight excluding hydrogens is 492 g/mol. The first-order valence-corrected chi connectivity index (χ1v) is 12.8. The van der Waals surface area contributed by atoms with Gasteiger partial charge in [-0.1, -0.05) is 36.4 Å². The summed E-state index contributed by atoms with van der Waals surface area (Å²) in [6.07, 6.45) is 1.24. The smallest absolute Gasteiger partial charge is 0.303 e. The maximum atomic E-state index is 13.1. The van der Waals surface area contributed by atoms with E-state index in [-0.39, 0.29) is 29.9 Å². The van der Waals surface area contributed by atoms with Crippen molar-refractivity contribution in [1.29, 1.82) is 0 Å². The maximum absolute atomic E-state index is 13.1. The van der Waals surface area contributed by atoms with E-state index in [1.807, 2.05) is 66.7 Å². The van der Waals surface area contributed by atoms with Crippen LogP contribution < -0.4 is 0 Å². The molecule has 4 rings (SSSR count). The number of hydrogen-bond acceptors (Lipinski definition) is 6. The number of aromatic nitrogens is 1. The second kappa shape index (κ2) is 13.4. The van der Waals surface area contributed by atoms with Crippen LogP contribution in [-0.2, 0) is 25.7 Å². The summed E-state index contributed by atoms with van der Waals surface area (Å²) in [7, 11) is 1.67. The molecule has 202 valence electrons. The Morgan fingerprint density at radius 2 is 1.33 bits per heavy atom. The Morgan fingerprint density at radius 1 is 0.769 bits per heavy atom. The molecule has 7 nitrogen and oxygen atoms in total. The van der Waals surface area contributed by atoms with Gasteiger partial charge in [-0.3, -0.25) is 14.6 Å². The summed E-state index contributed by atoms with van der Waals surface area (Å²) in [6, 6.07) is 21.0. The molecule has 0 amide bonds. The van der Waals surface area contributed by atoms with Crippen molar-refractivity contribution in [3.63, 3.8) is 0 Å². The van der Waals surface area contributed by atoms with Crippen LogP contribution in [0.2, 0.25) is 0 Å². The number of ether oxygens (including phenoxy) is 1. The SMILES string of the molecule is CC(C)=O.CN=C(COC(C)=O)c1ccc2c(c1)c1cc(C(=O)c3ccccc3)ccc1n2CCCC(C)=O. The number of nitrogens with zero attached hydrogens (tertiary/aromatic N) is 2. The van der Waals surface area contributed by atoms with E-state index in [0.29, 0.717) is 29.8 Å². The highest BCUT2D eigenvalue weighted by Gasteiger charge is 2.16. The number of ketones is 3. The molecule has 0 unspecified atom stereocenters. The summed E-state index contributed by atoms with van der Waals surface area (Å²) in [5.74, 6) is -0.0664. The van der Waals surface area contributed by atoms with Crippen LogP contribution in [0.25, 0.3) is 21.8 Å². The van der Waals surface area contributed by atoms with Gasteiger partial charge in [-0.15, -0.1) is 0 Å². The number of benzene rings is 3. The van der Waals surface area contributed by atoms with Gasteiger partial charge < -0.3 is 18.9 Å². The minimum Gasteiger partial charge on any atom is -0.459 e. The van der Waals surface area contributed by atoms with Gasteiger partial charge in [-0.05, 0) is 63.1 Å². The van der Waals surface area contributed by atoms with Crippen LogP contribution in [0.15, 0.2) is 71.7 Å². The highest BCUT2D eigenvalue weighted by Crippen LogP contribution is 2.32. The zero-order chi connectivity index (χ0) is 28.5. The minimum absolute atomic E-state index is 0.0354. The number of carbonyl (C=O) groups is 4. The number of aryl methyl sites for hydroxylation is 1. The molecule has 39 heavy (non-hydrogen) atoms. The molecule has 0 saturated heterocycles. The third kappa shape index (κ3) is 7.57.